The van der Waals surface area contributed by atoms with Crippen molar-refractivity contribution in [2.45, 2.75) is 46.2 Å². The van der Waals surface area contributed by atoms with Gasteiger partial charge in [-0.05, 0) is 46.2 Å². The molecule has 1 fully saturated rings. The molecule has 2 aromatic heterocycles. The molecule has 1 aliphatic rings. The minimum absolute atomic E-state index is 0.0123. The van der Waals surface area contributed by atoms with E-state index >= 15 is 0 Å². The van der Waals surface area contributed by atoms with E-state index < -0.39 is 0 Å². The van der Waals surface area contributed by atoms with Gasteiger partial charge in [0.25, 0.3) is 0 Å². The summed E-state index contributed by atoms with van der Waals surface area (Å²) in [5.41, 5.74) is 3.12. The van der Waals surface area contributed by atoms with Crippen molar-refractivity contribution in [3.8, 4) is 0 Å². The minimum atomic E-state index is 0.0123. The first-order chi connectivity index (χ1) is 11.4. The molecule has 0 spiro atoms. The average molecular weight is 330 g/mol. The number of hydrogen-bond donors (Lipinski definition) is 1. The Morgan fingerprint density at radius 3 is 2.62 bits per heavy atom. The molecule has 0 unspecified atom stereocenters. The van der Waals surface area contributed by atoms with Crippen LogP contribution in [0.25, 0.3) is 0 Å². The van der Waals surface area contributed by atoms with Gasteiger partial charge in [-0.3, -0.25) is 19.1 Å². The molecule has 1 amide bonds. The third-order valence-electron chi connectivity index (χ3n) is 4.60. The normalized spacial score (nSPS) is 18.2. The van der Waals surface area contributed by atoms with E-state index in [4.69, 9.17) is 0 Å². The van der Waals surface area contributed by atoms with Crippen LogP contribution in [-0.4, -0.2) is 49.5 Å². The summed E-state index contributed by atoms with van der Waals surface area (Å²) in [5, 5.41) is 11.8. The Morgan fingerprint density at radius 1 is 1.25 bits per heavy atom. The molecule has 1 N–H and O–H groups in total. The van der Waals surface area contributed by atoms with Gasteiger partial charge in [0.15, 0.2) is 0 Å². The maximum absolute atomic E-state index is 12.4. The molecule has 3 heterocycles. The fourth-order valence-electron chi connectivity index (χ4n) is 3.46. The van der Waals surface area contributed by atoms with Gasteiger partial charge < -0.3 is 5.32 Å². The summed E-state index contributed by atoms with van der Waals surface area (Å²) >= 11 is 0. The number of likely N-dealkylation sites (tertiary alicyclic amines) is 1. The van der Waals surface area contributed by atoms with Crippen molar-refractivity contribution >= 4 is 11.7 Å². The molecule has 130 valence electrons. The minimum Gasteiger partial charge on any atom is -0.310 e. The van der Waals surface area contributed by atoms with Crippen molar-refractivity contribution in [1.29, 1.82) is 0 Å². The molecule has 0 bridgehead atoms. The van der Waals surface area contributed by atoms with E-state index in [1.807, 2.05) is 27.0 Å². The number of hydrogen-bond acceptors (Lipinski definition) is 4. The summed E-state index contributed by atoms with van der Waals surface area (Å²) in [6.07, 6.45) is 2.23. The number of nitrogens with one attached hydrogen (secondary N) is 1. The maximum atomic E-state index is 12.4. The Labute approximate surface area is 142 Å². The van der Waals surface area contributed by atoms with Crippen LogP contribution in [0.3, 0.4) is 0 Å². The van der Waals surface area contributed by atoms with Crippen LogP contribution in [0.5, 0.6) is 0 Å². The summed E-state index contributed by atoms with van der Waals surface area (Å²) < 4.78 is 3.76. The van der Waals surface area contributed by atoms with Gasteiger partial charge in [-0.1, -0.05) is 0 Å². The van der Waals surface area contributed by atoms with E-state index in [0.29, 0.717) is 12.6 Å². The fraction of sp³-hybridized carbons (Fsp3) is 0.588. The first kappa shape index (κ1) is 16.7. The lowest BCUT2D eigenvalue weighted by Crippen LogP contribution is -2.39. The zero-order chi connectivity index (χ0) is 17.3. The zero-order valence-electron chi connectivity index (χ0n) is 14.9. The van der Waals surface area contributed by atoms with Gasteiger partial charge in [-0.15, -0.1) is 0 Å². The quantitative estimate of drug-likeness (QED) is 0.905. The number of anilines is 1. The van der Waals surface area contributed by atoms with E-state index in [0.717, 1.165) is 43.1 Å². The zero-order valence-corrected chi connectivity index (χ0v) is 14.9. The number of aryl methyl sites for hydroxylation is 4. The van der Waals surface area contributed by atoms with Crippen LogP contribution in [0.4, 0.5) is 5.82 Å². The monoisotopic (exact) mass is 330 g/mol. The Hall–Kier alpha value is -2.15. The van der Waals surface area contributed by atoms with Crippen molar-refractivity contribution < 1.29 is 4.79 Å². The maximum Gasteiger partial charge on any atom is 0.239 e. The molecule has 1 atom stereocenters. The molecule has 1 saturated heterocycles. The van der Waals surface area contributed by atoms with Gasteiger partial charge in [0.2, 0.25) is 5.91 Å². The summed E-state index contributed by atoms with van der Waals surface area (Å²) in [6, 6.07) is 4.34. The number of carbonyl (C=O) groups excluding carboxylic acids is 1. The predicted octanol–water partition coefficient (Wildman–Crippen LogP) is 1.64. The van der Waals surface area contributed by atoms with Crippen molar-refractivity contribution in [1.82, 2.24) is 24.5 Å². The van der Waals surface area contributed by atoms with Crippen molar-refractivity contribution in [2.75, 3.05) is 18.4 Å². The number of nitrogens with zero attached hydrogens (tertiary/aromatic N) is 5. The molecule has 7 heteroatoms. The summed E-state index contributed by atoms with van der Waals surface area (Å²) in [5.74, 6) is 0.755. The summed E-state index contributed by atoms with van der Waals surface area (Å²) in [4.78, 5) is 14.6. The van der Waals surface area contributed by atoms with Gasteiger partial charge in [0.1, 0.15) is 5.82 Å². The van der Waals surface area contributed by atoms with Crippen LogP contribution in [0.15, 0.2) is 12.1 Å². The molecule has 24 heavy (non-hydrogen) atoms. The standard InChI is InChI=1S/C17H26N6O/c1-12-8-14(3)23(20-12)10-15-6-5-7-22(15)11-17(24)18-16-9-13(2)19-21(16)4/h8-9,15H,5-7,10-11H2,1-4H3,(H,18,24)/t15-/m0/s1. The van der Waals surface area contributed by atoms with Crippen molar-refractivity contribution in [3.63, 3.8) is 0 Å². The fourth-order valence-corrected chi connectivity index (χ4v) is 3.46. The number of amides is 1. The molecule has 0 aliphatic carbocycles. The average Bonchev–Trinajstić information content (AvgIpc) is 3.13. The Bertz CT molecular complexity index is 732. The molecule has 0 radical (unpaired) electrons. The van der Waals surface area contributed by atoms with Crippen LogP contribution in [0.2, 0.25) is 0 Å². The second kappa shape index (κ2) is 6.76. The molecule has 2 aromatic rings. The van der Waals surface area contributed by atoms with Crippen molar-refractivity contribution in [3.05, 3.63) is 29.2 Å². The predicted molar refractivity (Wildman–Crippen MR) is 92.9 cm³/mol. The van der Waals surface area contributed by atoms with Crippen LogP contribution < -0.4 is 5.32 Å². The number of aromatic nitrogens is 4. The summed E-state index contributed by atoms with van der Waals surface area (Å²) in [6.45, 7) is 8.23. The van der Waals surface area contributed by atoms with Crippen LogP contribution >= 0.6 is 0 Å². The second-order valence-electron chi connectivity index (χ2n) is 6.72. The van der Waals surface area contributed by atoms with Crippen LogP contribution in [-0.2, 0) is 18.4 Å². The number of carbonyl (C=O) groups is 1. The highest BCUT2D eigenvalue weighted by atomic mass is 16.2. The lowest BCUT2D eigenvalue weighted by molar-refractivity contribution is -0.117. The number of rotatable bonds is 5. The SMILES string of the molecule is Cc1cc(NC(=O)CN2CCC[C@H]2Cn2nc(C)cc2C)n(C)n1. The highest BCUT2D eigenvalue weighted by molar-refractivity contribution is 5.91. The Morgan fingerprint density at radius 2 is 2.00 bits per heavy atom. The third kappa shape index (κ3) is 3.67. The topological polar surface area (TPSA) is 68.0 Å². The molecular formula is C17H26N6O. The molecule has 7 nitrogen and oxygen atoms in total. The summed E-state index contributed by atoms with van der Waals surface area (Å²) in [7, 11) is 1.84. The lowest BCUT2D eigenvalue weighted by atomic mass is 10.2. The first-order valence-corrected chi connectivity index (χ1v) is 8.48. The molecule has 3 rings (SSSR count). The largest absolute Gasteiger partial charge is 0.310 e. The third-order valence-corrected chi connectivity index (χ3v) is 4.60. The van der Waals surface area contributed by atoms with Gasteiger partial charge >= 0.3 is 0 Å². The van der Waals surface area contributed by atoms with E-state index in [2.05, 4.69) is 38.1 Å². The molecule has 1 aliphatic heterocycles. The van der Waals surface area contributed by atoms with Crippen molar-refractivity contribution in [2.24, 2.45) is 7.05 Å². The Kier molecular flexibility index (Phi) is 4.71. The molecular weight excluding hydrogens is 304 g/mol. The van der Waals surface area contributed by atoms with Gasteiger partial charge in [0, 0.05) is 24.8 Å². The van der Waals surface area contributed by atoms with Gasteiger partial charge in [-0.2, -0.15) is 10.2 Å². The molecule has 0 aromatic carbocycles. The second-order valence-corrected chi connectivity index (χ2v) is 6.72. The highest BCUT2D eigenvalue weighted by Crippen LogP contribution is 2.19. The van der Waals surface area contributed by atoms with Gasteiger partial charge in [-0.25, -0.2) is 0 Å². The first-order valence-electron chi connectivity index (χ1n) is 8.48. The van der Waals surface area contributed by atoms with E-state index in [1.165, 1.54) is 5.69 Å². The van der Waals surface area contributed by atoms with E-state index in [-0.39, 0.29) is 5.91 Å². The molecule has 0 saturated carbocycles. The van der Waals surface area contributed by atoms with Crippen LogP contribution in [0, 0.1) is 20.8 Å². The highest BCUT2D eigenvalue weighted by Gasteiger charge is 2.27. The van der Waals surface area contributed by atoms with Crippen LogP contribution in [0.1, 0.15) is 29.9 Å². The van der Waals surface area contributed by atoms with E-state index in [1.54, 1.807) is 4.68 Å². The van der Waals surface area contributed by atoms with Gasteiger partial charge in [0.05, 0.1) is 24.5 Å². The lowest BCUT2D eigenvalue weighted by Gasteiger charge is -2.24. The van der Waals surface area contributed by atoms with E-state index in [9.17, 15) is 4.79 Å². The smallest absolute Gasteiger partial charge is 0.239 e. The Balaban J connectivity index is 1.60.